The molecular formula is C12H15ClF3N3S. The summed E-state index contributed by atoms with van der Waals surface area (Å²) < 4.78 is 37.9. The van der Waals surface area contributed by atoms with Gasteiger partial charge < -0.3 is 5.32 Å². The molecular weight excluding hydrogens is 311 g/mol. The lowest BCUT2D eigenvalue weighted by atomic mass is 10.2. The van der Waals surface area contributed by atoms with E-state index < -0.39 is 11.7 Å². The number of anilines is 1. The third-order valence-corrected chi connectivity index (χ3v) is 4.10. The predicted octanol–water partition coefficient (Wildman–Crippen LogP) is 3.21. The minimum atomic E-state index is -4.41. The number of pyridine rings is 1. The molecule has 0 radical (unpaired) electrons. The van der Waals surface area contributed by atoms with E-state index >= 15 is 0 Å². The van der Waals surface area contributed by atoms with Gasteiger partial charge >= 0.3 is 6.18 Å². The van der Waals surface area contributed by atoms with Crippen molar-refractivity contribution in [2.24, 2.45) is 0 Å². The number of hydrogen-bond donors (Lipinski definition) is 1. The van der Waals surface area contributed by atoms with Gasteiger partial charge in [0.1, 0.15) is 11.0 Å². The van der Waals surface area contributed by atoms with Crippen LogP contribution in [0.15, 0.2) is 12.1 Å². The van der Waals surface area contributed by atoms with Crippen LogP contribution in [0.1, 0.15) is 5.56 Å². The third-order valence-electron chi connectivity index (χ3n) is 2.96. The van der Waals surface area contributed by atoms with E-state index in [1.165, 1.54) is 0 Å². The first-order valence-corrected chi connectivity index (χ1v) is 7.77. The van der Waals surface area contributed by atoms with Gasteiger partial charge in [0.25, 0.3) is 0 Å². The lowest BCUT2D eigenvalue weighted by Gasteiger charge is -2.26. The zero-order valence-corrected chi connectivity index (χ0v) is 12.3. The van der Waals surface area contributed by atoms with E-state index in [0.717, 1.165) is 43.3 Å². The van der Waals surface area contributed by atoms with Crippen LogP contribution in [0.2, 0.25) is 5.15 Å². The summed E-state index contributed by atoms with van der Waals surface area (Å²) in [4.78, 5) is 6.14. The Morgan fingerprint density at radius 1 is 1.30 bits per heavy atom. The van der Waals surface area contributed by atoms with Crippen LogP contribution in [-0.2, 0) is 6.18 Å². The van der Waals surface area contributed by atoms with Gasteiger partial charge in [-0.15, -0.1) is 0 Å². The summed E-state index contributed by atoms with van der Waals surface area (Å²) in [6, 6.07) is 1.81. The van der Waals surface area contributed by atoms with Gasteiger partial charge in [-0.05, 0) is 12.1 Å². The second-order valence-electron chi connectivity index (χ2n) is 4.44. The van der Waals surface area contributed by atoms with Crippen LogP contribution in [0.4, 0.5) is 19.0 Å². The first-order valence-electron chi connectivity index (χ1n) is 6.24. The molecule has 0 atom stereocenters. The Morgan fingerprint density at radius 3 is 2.65 bits per heavy atom. The molecule has 112 valence electrons. The van der Waals surface area contributed by atoms with Crippen molar-refractivity contribution in [1.29, 1.82) is 0 Å². The molecule has 0 spiro atoms. The summed E-state index contributed by atoms with van der Waals surface area (Å²) in [5, 5.41) is 2.75. The molecule has 8 heteroatoms. The van der Waals surface area contributed by atoms with E-state index in [9.17, 15) is 13.2 Å². The summed E-state index contributed by atoms with van der Waals surface area (Å²) in [5.41, 5.74) is -0.783. The average Bonchev–Trinajstić information content (AvgIpc) is 2.38. The maximum atomic E-state index is 12.6. The van der Waals surface area contributed by atoms with Crippen molar-refractivity contribution in [3.05, 3.63) is 22.8 Å². The van der Waals surface area contributed by atoms with Gasteiger partial charge in [0.15, 0.2) is 0 Å². The normalized spacial score (nSPS) is 17.2. The molecule has 1 fully saturated rings. The molecule has 2 rings (SSSR count). The fourth-order valence-electron chi connectivity index (χ4n) is 1.92. The third kappa shape index (κ3) is 4.71. The standard InChI is InChI=1S/C12H15ClF3N3S/c13-10-7-9(12(14,15)16)8-11(18-10)17-1-2-19-3-5-20-6-4-19/h7-8H,1-6H2,(H,17,18). The van der Waals surface area contributed by atoms with Crippen molar-refractivity contribution in [2.45, 2.75) is 6.18 Å². The van der Waals surface area contributed by atoms with E-state index in [1.54, 1.807) is 0 Å². The van der Waals surface area contributed by atoms with Gasteiger partial charge in [0.2, 0.25) is 0 Å². The van der Waals surface area contributed by atoms with Gasteiger partial charge in [0.05, 0.1) is 5.56 Å². The lowest BCUT2D eigenvalue weighted by molar-refractivity contribution is -0.137. The second-order valence-corrected chi connectivity index (χ2v) is 6.05. The van der Waals surface area contributed by atoms with Gasteiger partial charge in [-0.2, -0.15) is 24.9 Å². The number of hydrogen-bond acceptors (Lipinski definition) is 4. The predicted molar refractivity (Wildman–Crippen MR) is 76.5 cm³/mol. The van der Waals surface area contributed by atoms with Crippen LogP contribution in [-0.4, -0.2) is 47.6 Å². The Balaban J connectivity index is 1.90. The Hall–Kier alpha value is -0.660. The molecule has 1 N–H and O–H groups in total. The number of alkyl halides is 3. The Labute approximate surface area is 124 Å². The molecule has 1 aliphatic heterocycles. The van der Waals surface area contributed by atoms with Crippen molar-refractivity contribution < 1.29 is 13.2 Å². The van der Waals surface area contributed by atoms with E-state index in [-0.39, 0.29) is 11.0 Å². The molecule has 20 heavy (non-hydrogen) atoms. The Morgan fingerprint density at radius 2 is 2.00 bits per heavy atom. The minimum absolute atomic E-state index is 0.156. The maximum absolute atomic E-state index is 12.6. The second kappa shape index (κ2) is 6.87. The van der Waals surface area contributed by atoms with Gasteiger partial charge in [-0.1, -0.05) is 11.6 Å². The van der Waals surface area contributed by atoms with E-state index in [4.69, 9.17) is 11.6 Å². The van der Waals surface area contributed by atoms with Crippen LogP contribution in [0.3, 0.4) is 0 Å². The SMILES string of the molecule is FC(F)(F)c1cc(Cl)nc(NCCN2CCSCC2)c1. The number of halogens is 4. The number of aromatic nitrogens is 1. The van der Waals surface area contributed by atoms with Crippen LogP contribution in [0, 0.1) is 0 Å². The first kappa shape index (κ1) is 15.7. The molecule has 0 amide bonds. The first-order chi connectivity index (χ1) is 9.45. The number of thioether (sulfide) groups is 1. The largest absolute Gasteiger partial charge is 0.416 e. The summed E-state index contributed by atoms with van der Waals surface area (Å²) in [6.45, 7) is 3.37. The average molecular weight is 326 g/mol. The summed E-state index contributed by atoms with van der Waals surface area (Å²) >= 11 is 7.54. The van der Waals surface area contributed by atoms with Crippen LogP contribution >= 0.6 is 23.4 Å². The summed E-state index contributed by atoms with van der Waals surface area (Å²) in [7, 11) is 0. The minimum Gasteiger partial charge on any atom is -0.369 e. The molecule has 1 saturated heterocycles. The van der Waals surface area contributed by atoms with Crippen molar-refractivity contribution in [2.75, 3.05) is 43.0 Å². The Kier molecular flexibility index (Phi) is 5.40. The van der Waals surface area contributed by atoms with E-state index in [0.29, 0.717) is 6.54 Å². The highest BCUT2D eigenvalue weighted by molar-refractivity contribution is 7.99. The summed E-state index contributed by atoms with van der Waals surface area (Å²) in [5.74, 6) is 2.37. The molecule has 1 aromatic heterocycles. The highest BCUT2D eigenvalue weighted by Crippen LogP contribution is 2.31. The number of nitrogens with zero attached hydrogens (tertiary/aromatic N) is 2. The molecule has 0 unspecified atom stereocenters. The molecule has 3 nitrogen and oxygen atoms in total. The molecule has 0 aliphatic carbocycles. The molecule has 1 aliphatic rings. The van der Waals surface area contributed by atoms with E-state index in [2.05, 4.69) is 15.2 Å². The molecule has 2 heterocycles. The highest BCUT2D eigenvalue weighted by atomic mass is 35.5. The van der Waals surface area contributed by atoms with Gasteiger partial charge in [-0.3, -0.25) is 4.90 Å². The van der Waals surface area contributed by atoms with Crippen molar-refractivity contribution in [3.63, 3.8) is 0 Å². The number of rotatable bonds is 4. The van der Waals surface area contributed by atoms with Crippen LogP contribution in [0.25, 0.3) is 0 Å². The van der Waals surface area contributed by atoms with Crippen LogP contribution in [0.5, 0.6) is 0 Å². The van der Waals surface area contributed by atoms with Gasteiger partial charge in [0, 0.05) is 37.7 Å². The Bertz CT molecular complexity index is 450. The topological polar surface area (TPSA) is 28.2 Å². The van der Waals surface area contributed by atoms with Crippen LogP contribution < -0.4 is 5.32 Å². The molecule has 0 aromatic carbocycles. The van der Waals surface area contributed by atoms with Gasteiger partial charge in [-0.25, -0.2) is 4.98 Å². The maximum Gasteiger partial charge on any atom is 0.416 e. The zero-order valence-electron chi connectivity index (χ0n) is 10.7. The van der Waals surface area contributed by atoms with Crippen molar-refractivity contribution in [3.8, 4) is 0 Å². The zero-order chi connectivity index (χ0) is 14.6. The van der Waals surface area contributed by atoms with Crippen molar-refractivity contribution >= 4 is 29.2 Å². The van der Waals surface area contributed by atoms with E-state index in [1.807, 2.05) is 11.8 Å². The fourth-order valence-corrected chi connectivity index (χ4v) is 3.11. The summed E-state index contributed by atoms with van der Waals surface area (Å²) in [6.07, 6.45) is -4.41. The quantitative estimate of drug-likeness (QED) is 0.860. The highest BCUT2D eigenvalue weighted by Gasteiger charge is 2.31. The molecule has 1 aromatic rings. The monoisotopic (exact) mass is 325 g/mol. The lowest BCUT2D eigenvalue weighted by Crippen LogP contribution is -2.36. The molecule has 0 bridgehead atoms. The van der Waals surface area contributed by atoms with Crippen molar-refractivity contribution in [1.82, 2.24) is 9.88 Å². The fraction of sp³-hybridized carbons (Fsp3) is 0.583. The molecule has 0 saturated carbocycles. The number of nitrogens with one attached hydrogen (secondary N) is 1. The smallest absolute Gasteiger partial charge is 0.369 e.